The first-order valence-electron chi connectivity index (χ1n) is 8.24. The van der Waals surface area contributed by atoms with Gasteiger partial charge in [0.2, 0.25) is 0 Å². The maximum absolute atomic E-state index is 12.5. The summed E-state index contributed by atoms with van der Waals surface area (Å²) in [6.45, 7) is 3.23. The fraction of sp³-hybridized carbons (Fsp3) is 0.500. The van der Waals surface area contributed by atoms with E-state index in [-0.39, 0.29) is 18.3 Å². The van der Waals surface area contributed by atoms with Crippen LogP contribution >= 0.6 is 0 Å². The van der Waals surface area contributed by atoms with Crippen molar-refractivity contribution in [3.63, 3.8) is 0 Å². The molecule has 23 heavy (non-hydrogen) atoms. The SMILES string of the molecule is CC(N)Cc1cc(=O)oc2cc3c(cc12)CCCN3CCCF. The Kier molecular flexibility index (Phi) is 4.66. The average molecular weight is 318 g/mol. The van der Waals surface area contributed by atoms with E-state index >= 15 is 0 Å². The number of aryl methyl sites for hydroxylation is 1. The second-order valence-electron chi connectivity index (χ2n) is 6.38. The van der Waals surface area contributed by atoms with Crippen molar-refractivity contribution < 1.29 is 8.81 Å². The van der Waals surface area contributed by atoms with Crippen LogP contribution in [-0.4, -0.2) is 25.8 Å². The Morgan fingerprint density at radius 1 is 1.39 bits per heavy atom. The first-order chi connectivity index (χ1) is 11.1. The second-order valence-corrected chi connectivity index (χ2v) is 6.38. The van der Waals surface area contributed by atoms with Crippen LogP contribution < -0.4 is 16.3 Å². The van der Waals surface area contributed by atoms with Crippen LogP contribution in [0, 0.1) is 0 Å². The standard InChI is InChI=1S/C18H23FN2O2/c1-12(20)8-14-10-18(22)23-17-11-16-13(9-15(14)17)4-2-6-21(16)7-3-5-19/h9-12H,2-8,20H2,1H3. The molecule has 0 bridgehead atoms. The molecule has 0 spiro atoms. The van der Waals surface area contributed by atoms with Crippen LogP contribution in [0.2, 0.25) is 0 Å². The molecule has 3 rings (SSSR count). The number of halogens is 1. The molecular formula is C18H23FN2O2. The Hall–Kier alpha value is -1.88. The minimum Gasteiger partial charge on any atom is -0.423 e. The van der Waals surface area contributed by atoms with E-state index in [0.29, 0.717) is 25.0 Å². The van der Waals surface area contributed by atoms with Gasteiger partial charge >= 0.3 is 5.63 Å². The van der Waals surface area contributed by atoms with Crippen LogP contribution in [0.1, 0.15) is 30.9 Å². The van der Waals surface area contributed by atoms with Crippen LogP contribution in [0.5, 0.6) is 0 Å². The van der Waals surface area contributed by atoms with E-state index in [9.17, 15) is 9.18 Å². The van der Waals surface area contributed by atoms with Crippen LogP contribution in [0.25, 0.3) is 11.0 Å². The average Bonchev–Trinajstić information content (AvgIpc) is 2.50. The van der Waals surface area contributed by atoms with Crippen LogP contribution in [-0.2, 0) is 12.8 Å². The quantitative estimate of drug-likeness (QED) is 0.861. The van der Waals surface area contributed by atoms with Gasteiger partial charge in [0, 0.05) is 42.3 Å². The van der Waals surface area contributed by atoms with Crippen molar-refractivity contribution in [3.05, 3.63) is 39.7 Å². The molecule has 0 fully saturated rings. The van der Waals surface area contributed by atoms with Gasteiger partial charge in [0.05, 0.1) is 6.67 Å². The van der Waals surface area contributed by atoms with Gasteiger partial charge in [-0.2, -0.15) is 0 Å². The molecule has 1 aromatic heterocycles. The lowest BCUT2D eigenvalue weighted by atomic mass is 9.96. The molecule has 2 aromatic rings. The second kappa shape index (κ2) is 6.71. The Morgan fingerprint density at radius 2 is 2.22 bits per heavy atom. The highest BCUT2D eigenvalue weighted by Gasteiger charge is 2.19. The van der Waals surface area contributed by atoms with Crippen molar-refractivity contribution in [2.24, 2.45) is 5.73 Å². The molecule has 5 heteroatoms. The largest absolute Gasteiger partial charge is 0.423 e. The number of hydrogen-bond donors (Lipinski definition) is 1. The molecule has 0 saturated carbocycles. The van der Waals surface area contributed by atoms with E-state index in [2.05, 4.69) is 11.0 Å². The summed E-state index contributed by atoms with van der Waals surface area (Å²) in [5.41, 5.74) is 9.40. The minimum atomic E-state index is -0.348. The molecule has 0 radical (unpaired) electrons. The van der Waals surface area contributed by atoms with Crippen LogP contribution in [0.3, 0.4) is 0 Å². The van der Waals surface area contributed by atoms with E-state index in [1.807, 2.05) is 13.0 Å². The first kappa shape index (κ1) is 16.0. The fourth-order valence-electron chi connectivity index (χ4n) is 3.38. The zero-order valence-corrected chi connectivity index (χ0v) is 13.5. The van der Waals surface area contributed by atoms with E-state index in [1.165, 1.54) is 5.56 Å². The van der Waals surface area contributed by atoms with Crippen molar-refractivity contribution in [1.29, 1.82) is 0 Å². The van der Waals surface area contributed by atoms with Crippen LogP contribution in [0.15, 0.2) is 27.4 Å². The summed E-state index contributed by atoms with van der Waals surface area (Å²) in [7, 11) is 0. The van der Waals surface area contributed by atoms with Gasteiger partial charge in [-0.15, -0.1) is 0 Å². The number of nitrogens with zero attached hydrogens (tertiary/aromatic N) is 1. The number of alkyl halides is 1. The van der Waals surface area contributed by atoms with Gasteiger partial charge in [0.25, 0.3) is 0 Å². The Morgan fingerprint density at radius 3 is 2.96 bits per heavy atom. The minimum absolute atomic E-state index is 0.0166. The molecule has 0 saturated heterocycles. The molecule has 1 aromatic carbocycles. The van der Waals surface area contributed by atoms with Gasteiger partial charge in [-0.05, 0) is 49.8 Å². The number of rotatable bonds is 5. The van der Waals surface area contributed by atoms with Crippen molar-refractivity contribution >= 4 is 16.7 Å². The van der Waals surface area contributed by atoms with Crippen molar-refractivity contribution in [1.82, 2.24) is 0 Å². The van der Waals surface area contributed by atoms with E-state index in [1.54, 1.807) is 6.07 Å². The lowest BCUT2D eigenvalue weighted by Crippen LogP contribution is -2.30. The summed E-state index contributed by atoms with van der Waals surface area (Å²) in [5, 5.41) is 0.966. The number of fused-ring (bicyclic) bond motifs is 2. The molecular weight excluding hydrogens is 295 g/mol. The maximum Gasteiger partial charge on any atom is 0.336 e. The van der Waals surface area contributed by atoms with Crippen LogP contribution in [0.4, 0.5) is 10.1 Å². The van der Waals surface area contributed by atoms with Gasteiger partial charge in [0.1, 0.15) is 5.58 Å². The maximum atomic E-state index is 12.5. The highest BCUT2D eigenvalue weighted by Crippen LogP contribution is 2.32. The molecule has 1 aliphatic rings. The summed E-state index contributed by atoms with van der Waals surface area (Å²) >= 11 is 0. The third-order valence-corrected chi connectivity index (χ3v) is 4.35. The third-order valence-electron chi connectivity index (χ3n) is 4.35. The lowest BCUT2D eigenvalue weighted by molar-refractivity contribution is 0.468. The number of benzene rings is 1. The highest BCUT2D eigenvalue weighted by atomic mass is 19.1. The number of anilines is 1. The first-order valence-corrected chi connectivity index (χ1v) is 8.24. The summed E-state index contributed by atoms with van der Waals surface area (Å²) in [6, 6.07) is 5.58. The predicted molar refractivity (Wildman–Crippen MR) is 91.0 cm³/mol. The molecule has 0 amide bonds. The molecule has 1 aliphatic heterocycles. The number of nitrogens with two attached hydrogens (primary N) is 1. The molecule has 4 nitrogen and oxygen atoms in total. The van der Waals surface area contributed by atoms with Gasteiger partial charge in [-0.1, -0.05) is 0 Å². The van der Waals surface area contributed by atoms with E-state index in [0.717, 1.165) is 36.0 Å². The normalized spacial score (nSPS) is 15.7. The molecule has 1 atom stereocenters. The highest BCUT2D eigenvalue weighted by molar-refractivity contribution is 5.86. The Labute approximate surface area is 135 Å². The summed E-state index contributed by atoms with van der Waals surface area (Å²) in [4.78, 5) is 14.0. The van der Waals surface area contributed by atoms with E-state index in [4.69, 9.17) is 10.2 Å². The van der Waals surface area contributed by atoms with Gasteiger partial charge < -0.3 is 15.1 Å². The van der Waals surface area contributed by atoms with Gasteiger partial charge in [0.15, 0.2) is 0 Å². The smallest absolute Gasteiger partial charge is 0.336 e. The van der Waals surface area contributed by atoms with E-state index < -0.39 is 0 Å². The van der Waals surface area contributed by atoms with Crippen molar-refractivity contribution in [2.75, 3.05) is 24.7 Å². The monoisotopic (exact) mass is 318 g/mol. The summed E-state index contributed by atoms with van der Waals surface area (Å²) in [6.07, 6.45) is 3.22. The molecule has 1 unspecified atom stereocenters. The van der Waals surface area contributed by atoms with Gasteiger partial charge in [-0.3, -0.25) is 4.39 Å². The molecule has 2 heterocycles. The third kappa shape index (κ3) is 3.39. The molecule has 124 valence electrons. The predicted octanol–water partition coefficient (Wildman–Crippen LogP) is 2.79. The topological polar surface area (TPSA) is 59.5 Å². The Bertz CT molecular complexity index is 755. The van der Waals surface area contributed by atoms with Gasteiger partial charge in [-0.25, -0.2) is 4.79 Å². The Balaban J connectivity index is 2.09. The zero-order valence-electron chi connectivity index (χ0n) is 13.5. The fourth-order valence-corrected chi connectivity index (χ4v) is 3.38. The van der Waals surface area contributed by atoms with Crippen molar-refractivity contribution in [3.8, 4) is 0 Å². The molecule has 0 aliphatic carbocycles. The van der Waals surface area contributed by atoms with Crippen molar-refractivity contribution in [2.45, 2.75) is 38.6 Å². The zero-order chi connectivity index (χ0) is 16.4. The summed E-state index contributed by atoms with van der Waals surface area (Å²) < 4.78 is 17.9. The lowest BCUT2D eigenvalue weighted by Gasteiger charge is -2.31. The number of hydrogen-bond acceptors (Lipinski definition) is 4. The summed E-state index contributed by atoms with van der Waals surface area (Å²) in [5.74, 6) is 0. The molecule has 2 N–H and O–H groups in total.